The molecule has 5 aromatic rings. The fourth-order valence-corrected chi connectivity index (χ4v) is 3.62. The van der Waals surface area contributed by atoms with Gasteiger partial charge in [0, 0.05) is 23.2 Å². The van der Waals surface area contributed by atoms with Gasteiger partial charge in [-0.15, -0.1) is 0 Å². The number of hydrogen-bond acceptors (Lipinski definition) is 5. The van der Waals surface area contributed by atoms with E-state index in [0.717, 1.165) is 21.8 Å². The predicted molar refractivity (Wildman–Crippen MR) is 110 cm³/mol. The van der Waals surface area contributed by atoms with Crippen molar-refractivity contribution in [2.75, 3.05) is 6.61 Å². The van der Waals surface area contributed by atoms with Crippen molar-refractivity contribution in [3.05, 3.63) is 84.7 Å². The highest BCUT2D eigenvalue weighted by Crippen LogP contribution is 2.28. The Labute approximate surface area is 165 Å². The monoisotopic (exact) mass is 381 g/mol. The lowest BCUT2D eigenvalue weighted by molar-refractivity contribution is 0.0453. The number of rotatable bonds is 3. The Hall–Kier alpha value is -4.06. The van der Waals surface area contributed by atoms with Gasteiger partial charge in [-0.3, -0.25) is 19.3 Å². The summed E-state index contributed by atoms with van der Waals surface area (Å²) in [6.07, 6.45) is 3.07. The lowest BCUT2D eigenvalue weighted by Gasteiger charge is -2.08. The highest BCUT2D eigenvalue weighted by Gasteiger charge is 2.19. The normalized spacial score (nSPS) is 11.2. The van der Waals surface area contributed by atoms with Crippen molar-refractivity contribution < 1.29 is 14.3 Å². The molecule has 0 aliphatic rings. The topological polar surface area (TPSA) is 74.1 Å². The summed E-state index contributed by atoms with van der Waals surface area (Å²) in [5.41, 5.74) is 2.89. The molecule has 29 heavy (non-hydrogen) atoms. The van der Waals surface area contributed by atoms with Gasteiger partial charge in [0.1, 0.15) is 5.52 Å². The van der Waals surface area contributed by atoms with Crippen LogP contribution in [0.4, 0.5) is 0 Å². The quantitative estimate of drug-likeness (QED) is 0.437. The van der Waals surface area contributed by atoms with Gasteiger partial charge >= 0.3 is 5.97 Å². The Morgan fingerprint density at radius 2 is 1.45 bits per heavy atom. The van der Waals surface area contributed by atoms with Gasteiger partial charge in [-0.1, -0.05) is 42.5 Å². The van der Waals surface area contributed by atoms with Gasteiger partial charge in [0.2, 0.25) is 0 Å². The molecule has 0 bridgehead atoms. The number of nitrogens with zero attached hydrogens (tertiary/aromatic N) is 3. The number of carbonyl (C=O) groups is 2. The van der Waals surface area contributed by atoms with Crippen molar-refractivity contribution in [1.82, 2.24) is 14.5 Å². The Kier molecular flexibility index (Phi) is 4.02. The molecule has 0 spiro atoms. The summed E-state index contributed by atoms with van der Waals surface area (Å²) in [5, 5.41) is 1.96. The summed E-state index contributed by atoms with van der Waals surface area (Å²) < 4.78 is 6.94. The lowest BCUT2D eigenvalue weighted by Crippen LogP contribution is -2.20. The van der Waals surface area contributed by atoms with E-state index >= 15 is 0 Å². The van der Waals surface area contributed by atoms with E-state index in [1.165, 1.54) is 6.20 Å². The zero-order valence-corrected chi connectivity index (χ0v) is 15.3. The second-order valence-corrected chi connectivity index (χ2v) is 6.57. The Morgan fingerprint density at radius 3 is 2.17 bits per heavy atom. The first kappa shape index (κ1) is 17.1. The van der Waals surface area contributed by atoms with E-state index in [1.54, 1.807) is 29.0 Å². The van der Waals surface area contributed by atoms with Crippen molar-refractivity contribution in [3.63, 3.8) is 0 Å². The molecule has 0 radical (unpaired) electrons. The third kappa shape index (κ3) is 2.82. The van der Waals surface area contributed by atoms with Crippen LogP contribution in [0.2, 0.25) is 0 Å². The molecule has 6 heteroatoms. The molecule has 0 amide bonds. The summed E-state index contributed by atoms with van der Waals surface area (Å²) >= 11 is 0. The first-order valence-corrected chi connectivity index (χ1v) is 9.12. The van der Waals surface area contributed by atoms with Crippen LogP contribution in [0.5, 0.6) is 0 Å². The van der Waals surface area contributed by atoms with E-state index in [2.05, 4.69) is 9.97 Å². The van der Waals surface area contributed by atoms with Crippen molar-refractivity contribution in [2.24, 2.45) is 0 Å². The zero-order valence-electron chi connectivity index (χ0n) is 15.3. The number of hydrogen-bond donors (Lipinski definition) is 0. The average molecular weight is 381 g/mol. The maximum Gasteiger partial charge on any atom is 0.340 e. The third-order valence-electron chi connectivity index (χ3n) is 4.87. The summed E-state index contributed by atoms with van der Waals surface area (Å²) in [6, 6.07) is 20.4. The molecule has 2 aromatic heterocycles. The highest BCUT2D eigenvalue weighted by molar-refractivity contribution is 6.13. The van der Waals surface area contributed by atoms with Gasteiger partial charge in [0.25, 0.3) is 5.91 Å². The van der Waals surface area contributed by atoms with E-state index in [9.17, 15) is 9.59 Å². The molecule has 2 heterocycles. The van der Waals surface area contributed by atoms with Gasteiger partial charge in [0.15, 0.2) is 6.61 Å². The first-order valence-electron chi connectivity index (χ1n) is 9.12. The van der Waals surface area contributed by atoms with Crippen molar-refractivity contribution in [2.45, 2.75) is 0 Å². The van der Waals surface area contributed by atoms with Crippen molar-refractivity contribution in [1.29, 1.82) is 0 Å². The molecular weight excluding hydrogens is 366 g/mol. The number of benzene rings is 3. The number of carbonyl (C=O) groups excluding carboxylic acids is 2. The van der Waals surface area contributed by atoms with Crippen LogP contribution in [-0.2, 0) is 4.74 Å². The largest absolute Gasteiger partial charge is 0.452 e. The fourth-order valence-electron chi connectivity index (χ4n) is 3.62. The number of aromatic nitrogens is 3. The summed E-state index contributed by atoms with van der Waals surface area (Å²) in [5.74, 6) is -0.924. The summed E-state index contributed by atoms with van der Waals surface area (Å²) in [4.78, 5) is 34.0. The summed E-state index contributed by atoms with van der Waals surface area (Å²) in [6.45, 7) is -0.377. The molecule has 0 atom stereocenters. The smallest absolute Gasteiger partial charge is 0.340 e. The Morgan fingerprint density at radius 1 is 0.793 bits per heavy atom. The Bertz CT molecular complexity index is 1350. The van der Waals surface area contributed by atoms with Crippen LogP contribution in [-0.4, -0.2) is 33.0 Å². The minimum Gasteiger partial charge on any atom is -0.452 e. The molecule has 0 saturated carbocycles. The standard InChI is InChI=1S/C23H15N3O3/c27-21(14-29-23(28)17-8-5-9-18-22(17)25-13-12-24-18)26-19-10-3-1-6-15(19)16-7-2-4-11-20(16)26/h1-13H,14H2. The minimum absolute atomic E-state index is 0.283. The van der Waals surface area contributed by atoms with E-state index in [0.29, 0.717) is 11.0 Å². The van der Waals surface area contributed by atoms with Gasteiger partial charge in [-0.2, -0.15) is 0 Å². The zero-order chi connectivity index (χ0) is 19.8. The van der Waals surface area contributed by atoms with Crippen LogP contribution < -0.4 is 0 Å². The first-order chi connectivity index (χ1) is 14.2. The number of fused-ring (bicyclic) bond motifs is 4. The molecule has 3 aromatic carbocycles. The molecular formula is C23H15N3O3. The maximum atomic E-state index is 13.0. The second-order valence-electron chi connectivity index (χ2n) is 6.57. The van der Waals surface area contributed by atoms with Gasteiger partial charge in [-0.25, -0.2) is 4.79 Å². The van der Waals surface area contributed by atoms with Gasteiger partial charge < -0.3 is 4.74 Å². The van der Waals surface area contributed by atoms with Crippen LogP contribution in [0, 0.1) is 0 Å². The fraction of sp³-hybridized carbons (Fsp3) is 0.0435. The molecule has 0 aliphatic heterocycles. The lowest BCUT2D eigenvalue weighted by atomic mass is 10.2. The molecule has 6 nitrogen and oxygen atoms in total. The van der Waals surface area contributed by atoms with Gasteiger partial charge in [-0.05, 0) is 24.3 Å². The molecule has 0 unspecified atom stereocenters. The molecule has 0 fully saturated rings. The summed E-state index contributed by atoms with van der Waals surface area (Å²) in [7, 11) is 0. The van der Waals surface area contributed by atoms with Crippen LogP contribution in [0.3, 0.4) is 0 Å². The average Bonchev–Trinajstić information content (AvgIpc) is 3.11. The molecule has 140 valence electrons. The van der Waals surface area contributed by atoms with Crippen molar-refractivity contribution in [3.8, 4) is 0 Å². The van der Waals surface area contributed by atoms with Crippen LogP contribution >= 0.6 is 0 Å². The number of para-hydroxylation sites is 3. The van der Waals surface area contributed by atoms with Gasteiger partial charge in [0.05, 0.1) is 22.1 Å². The van der Waals surface area contributed by atoms with Crippen LogP contribution in [0.15, 0.2) is 79.1 Å². The SMILES string of the molecule is O=C(OCC(=O)n1c2ccccc2c2ccccc21)c1cccc2nccnc12. The molecule has 5 rings (SSSR count). The highest BCUT2D eigenvalue weighted by atomic mass is 16.5. The second kappa shape index (κ2) is 6.83. The molecule has 0 N–H and O–H groups in total. The number of esters is 1. The predicted octanol–water partition coefficient (Wildman–Crippen LogP) is 4.23. The third-order valence-corrected chi connectivity index (χ3v) is 4.87. The van der Waals surface area contributed by atoms with E-state index in [4.69, 9.17) is 4.74 Å². The van der Waals surface area contributed by atoms with E-state index < -0.39 is 5.97 Å². The van der Waals surface area contributed by atoms with E-state index in [-0.39, 0.29) is 18.1 Å². The van der Waals surface area contributed by atoms with Crippen LogP contribution in [0.25, 0.3) is 32.8 Å². The molecule has 0 saturated heterocycles. The maximum absolute atomic E-state index is 13.0. The van der Waals surface area contributed by atoms with Crippen LogP contribution in [0.1, 0.15) is 15.2 Å². The Balaban J connectivity index is 1.47. The number of ether oxygens (including phenoxy) is 1. The van der Waals surface area contributed by atoms with E-state index in [1.807, 2.05) is 48.5 Å². The van der Waals surface area contributed by atoms with Crippen molar-refractivity contribution >= 4 is 44.7 Å². The molecule has 0 aliphatic carbocycles. The minimum atomic E-state index is -0.606.